The number of aromatic nitrogens is 3. The second-order valence-electron chi connectivity index (χ2n) is 5.82. The number of esters is 1. The first kappa shape index (κ1) is 17.7. The van der Waals surface area contributed by atoms with Crippen molar-refractivity contribution in [2.75, 3.05) is 0 Å². The number of carbonyl (C=O) groups is 1. The Morgan fingerprint density at radius 1 is 1.42 bits per heavy atom. The molecule has 0 N–H and O–H groups in total. The number of thiophene rings is 1. The molecule has 0 aliphatic heterocycles. The summed E-state index contributed by atoms with van der Waals surface area (Å²) in [5.41, 5.74) is 1.64. The third kappa shape index (κ3) is 3.62. The van der Waals surface area contributed by atoms with Crippen LogP contribution in [0.1, 0.15) is 41.4 Å². The summed E-state index contributed by atoms with van der Waals surface area (Å²) < 4.78 is 6.94. The van der Waals surface area contributed by atoms with Crippen LogP contribution in [0.5, 0.6) is 0 Å². The Kier molecular flexibility index (Phi) is 5.08. The molecule has 3 heterocycles. The smallest absolute Gasteiger partial charge is 0.341 e. The Labute approximate surface area is 153 Å². The monoisotopic (exact) mass is 372 g/mol. The van der Waals surface area contributed by atoms with Crippen molar-refractivity contribution in [3.05, 3.63) is 69.0 Å². The maximum absolute atomic E-state index is 12.5. The Hall–Kier alpha value is -3.07. The fourth-order valence-corrected chi connectivity index (χ4v) is 3.21. The lowest BCUT2D eigenvalue weighted by Gasteiger charge is -2.11. The minimum Gasteiger partial charge on any atom is -0.457 e. The molecule has 3 aromatic rings. The van der Waals surface area contributed by atoms with Gasteiger partial charge < -0.3 is 4.74 Å². The molecular formula is C17H16N4O4S. The molecular weight excluding hydrogens is 356 g/mol. The zero-order chi connectivity index (χ0) is 18.7. The van der Waals surface area contributed by atoms with E-state index in [9.17, 15) is 14.9 Å². The number of pyridine rings is 1. The van der Waals surface area contributed by atoms with Gasteiger partial charge in [-0.1, -0.05) is 31.3 Å². The van der Waals surface area contributed by atoms with Crippen LogP contribution >= 0.6 is 11.3 Å². The Morgan fingerprint density at radius 2 is 2.23 bits per heavy atom. The normalized spacial score (nSPS) is 10.9. The van der Waals surface area contributed by atoms with Crippen LogP contribution in [0.15, 0.2) is 42.0 Å². The Balaban J connectivity index is 1.80. The van der Waals surface area contributed by atoms with Crippen LogP contribution in [0.25, 0.3) is 5.82 Å². The summed E-state index contributed by atoms with van der Waals surface area (Å²) in [5, 5.41) is 16.6. The summed E-state index contributed by atoms with van der Waals surface area (Å²) >= 11 is 0.999. The number of nitrogens with zero attached hydrogens (tertiary/aromatic N) is 4. The van der Waals surface area contributed by atoms with E-state index in [0.717, 1.165) is 11.3 Å². The van der Waals surface area contributed by atoms with Gasteiger partial charge in [-0.05, 0) is 18.1 Å². The van der Waals surface area contributed by atoms with Crippen molar-refractivity contribution < 1.29 is 14.5 Å². The molecule has 0 saturated carbocycles. The van der Waals surface area contributed by atoms with E-state index in [-0.39, 0.29) is 17.5 Å². The summed E-state index contributed by atoms with van der Waals surface area (Å²) in [5.74, 6) is 0.109. The quantitative estimate of drug-likeness (QED) is 0.371. The van der Waals surface area contributed by atoms with Crippen molar-refractivity contribution in [1.82, 2.24) is 14.8 Å². The lowest BCUT2D eigenvalue weighted by Crippen LogP contribution is -2.11. The summed E-state index contributed by atoms with van der Waals surface area (Å²) in [4.78, 5) is 27.0. The Bertz CT molecular complexity index is 933. The number of carbonyl (C=O) groups excluding carboxylic acids is 1. The van der Waals surface area contributed by atoms with Gasteiger partial charge in [-0.3, -0.25) is 10.1 Å². The lowest BCUT2D eigenvalue weighted by atomic mass is 10.1. The minimum absolute atomic E-state index is 0.0156. The van der Waals surface area contributed by atoms with Gasteiger partial charge >= 0.3 is 11.0 Å². The Morgan fingerprint density at radius 3 is 2.85 bits per heavy atom. The molecule has 3 rings (SSSR count). The topological polar surface area (TPSA) is 100 Å². The van der Waals surface area contributed by atoms with Crippen molar-refractivity contribution in [2.45, 2.75) is 26.4 Å². The van der Waals surface area contributed by atoms with Gasteiger partial charge in [-0.15, -0.1) is 0 Å². The molecule has 134 valence electrons. The lowest BCUT2D eigenvalue weighted by molar-refractivity contribution is -0.380. The van der Waals surface area contributed by atoms with E-state index in [2.05, 4.69) is 10.1 Å². The molecule has 0 saturated heterocycles. The summed E-state index contributed by atoms with van der Waals surface area (Å²) in [6.45, 7) is 3.88. The fourth-order valence-electron chi connectivity index (χ4n) is 2.49. The van der Waals surface area contributed by atoms with E-state index < -0.39 is 10.9 Å². The van der Waals surface area contributed by atoms with Gasteiger partial charge in [0.1, 0.15) is 12.2 Å². The molecule has 0 fully saturated rings. The molecule has 0 aromatic carbocycles. The maximum Gasteiger partial charge on any atom is 0.341 e. The minimum atomic E-state index is -0.523. The van der Waals surface area contributed by atoms with E-state index in [1.54, 1.807) is 28.4 Å². The highest BCUT2D eigenvalue weighted by Crippen LogP contribution is 2.25. The van der Waals surface area contributed by atoms with Crippen LogP contribution < -0.4 is 0 Å². The summed E-state index contributed by atoms with van der Waals surface area (Å²) in [6, 6.07) is 6.85. The number of ether oxygens (including phenoxy) is 1. The first-order valence-corrected chi connectivity index (χ1v) is 8.73. The summed E-state index contributed by atoms with van der Waals surface area (Å²) in [6.07, 6.45) is 3.12. The average Bonchev–Trinajstić information content (AvgIpc) is 3.27. The third-order valence-corrected chi connectivity index (χ3v) is 4.56. The number of rotatable bonds is 6. The molecule has 26 heavy (non-hydrogen) atoms. The second kappa shape index (κ2) is 7.44. The van der Waals surface area contributed by atoms with Gasteiger partial charge in [0, 0.05) is 23.2 Å². The highest BCUT2D eigenvalue weighted by molar-refractivity contribution is 7.13. The zero-order valence-corrected chi connectivity index (χ0v) is 15.0. The molecule has 0 radical (unpaired) electrons. The van der Waals surface area contributed by atoms with Gasteiger partial charge in [0.25, 0.3) is 0 Å². The van der Waals surface area contributed by atoms with Crippen molar-refractivity contribution >= 4 is 22.3 Å². The van der Waals surface area contributed by atoms with Crippen LogP contribution in [0.4, 0.5) is 5.00 Å². The van der Waals surface area contributed by atoms with Crippen LogP contribution in [-0.2, 0) is 11.3 Å². The average molecular weight is 372 g/mol. The van der Waals surface area contributed by atoms with Gasteiger partial charge in [0.15, 0.2) is 5.82 Å². The van der Waals surface area contributed by atoms with Gasteiger partial charge in [0.2, 0.25) is 0 Å². The van der Waals surface area contributed by atoms with Crippen LogP contribution in [0, 0.1) is 10.1 Å². The number of nitro groups is 1. The first-order valence-electron chi connectivity index (χ1n) is 7.85. The van der Waals surface area contributed by atoms with E-state index in [1.807, 2.05) is 19.9 Å². The van der Waals surface area contributed by atoms with Crippen molar-refractivity contribution in [3.8, 4) is 5.82 Å². The van der Waals surface area contributed by atoms with Crippen molar-refractivity contribution in [3.63, 3.8) is 0 Å². The van der Waals surface area contributed by atoms with Gasteiger partial charge in [-0.2, -0.15) is 5.10 Å². The molecule has 9 heteroatoms. The molecule has 0 spiro atoms. The first-order chi connectivity index (χ1) is 12.5. The molecule has 0 amide bonds. The van der Waals surface area contributed by atoms with Crippen LogP contribution in [-0.4, -0.2) is 25.7 Å². The third-order valence-electron chi connectivity index (χ3n) is 3.63. The fraction of sp³-hybridized carbons (Fsp3) is 0.235. The molecule has 0 aliphatic rings. The molecule has 0 unspecified atom stereocenters. The molecule has 0 aliphatic carbocycles. The van der Waals surface area contributed by atoms with E-state index in [0.29, 0.717) is 22.6 Å². The SMILES string of the molecule is CC(C)c1c(C(=O)OCc2csc([N+](=O)[O-])c2)cnn1-c1ccccn1. The number of hydrogen-bond donors (Lipinski definition) is 0. The van der Waals surface area contributed by atoms with Crippen molar-refractivity contribution in [1.29, 1.82) is 0 Å². The largest absolute Gasteiger partial charge is 0.457 e. The predicted octanol–water partition coefficient (Wildman–Crippen LogP) is 3.72. The molecule has 3 aromatic heterocycles. The standard InChI is InChI=1S/C17H16N4O4S/c1-11(2)16-13(8-19-20(16)14-5-3-4-6-18-14)17(22)25-9-12-7-15(21(23)24)26-10-12/h3-8,10-11H,9H2,1-2H3. The van der Waals surface area contributed by atoms with Crippen molar-refractivity contribution in [2.24, 2.45) is 0 Å². The summed E-state index contributed by atoms with van der Waals surface area (Å²) in [7, 11) is 0. The highest BCUT2D eigenvalue weighted by atomic mass is 32.1. The molecule has 0 atom stereocenters. The van der Waals surface area contributed by atoms with Gasteiger partial charge in [-0.25, -0.2) is 14.5 Å². The highest BCUT2D eigenvalue weighted by Gasteiger charge is 2.23. The van der Waals surface area contributed by atoms with E-state index in [4.69, 9.17) is 4.74 Å². The van der Waals surface area contributed by atoms with E-state index in [1.165, 1.54) is 12.3 Å². The molecule has 8 nitrogen and oxygen atoms in total. The molecule has 0 bridgehead atoms. The van der Waals surface area contributed by atoms with Crippen LogP contribution in [0.2, 0.25) is 0 Å². The zero-order valence-electron chi connectivity index (χ0n) is 14.2. The van der Waals surface area contributed by atoms with E-state index >= 15 is 0 Å². The number of hydrogen-bond acceptors (Lipinski definition) is 7. The maximum atomic E-state index is 12.5. The predicted molar refractivity (Wildman–Crippen MR) is 95.5 cm³/mol. The second-order valence-corrected chi connectivity index (χ2v) is 6.71. The van der Waals surface area contributed by atoms with Crippen LogP contribution in [0.3, 0.4) is 0 Å². The van der Waals surface area contributed by atoms with Gasteiger partial charge in [0.05, 0.1) is 16.8 Å².